The molecule has 3 nitrogen and oxygen atoms in total. The van der Waals surface area contributed by atoms with Crippen molar-refractivity contribution >= 4 is 11.7 Å². The summed E-state index contributed by atoms with van der Waals surface area (Å²) >= 11 is 0. The van der Waals surface area contributed by atoms with Gasteiger partial charge in [-0.25, -0.2) is 0 Å². The number of benzene rings is 1. The fourth-order valence-electron chi connectivity index (χ4n) is 2.81. The Morgan fingerprint density at radius 3 is 2.19 bits per heavy atom. The topological polar surface area (TPSA) is 37.4 Å². The van der Waals surface area contributed by atoms with Gasteiger partial charge in [-0.3, -0.25) is 9.59 Å². The SMILES string of the molecule is CC.CC(=O)N1CC(c2ccccc2)CC1C(=O)C(C)C. The molecule has 0 aromatic heterocycles. The summed E-state index contributed by atoms with van der Waals surface area (Å²) in [6.07, 6.45) is 0.751. The number of rotatable bonds is 3. The third-order valence-corrected chi connectivity index (χ3v) is 3.87. The third-order valence-electron chi connectivity index (χ3n) is 3.87. The van der Waals surface area contributed by atoms with Crippen molar-refractivity contribution in [3.05, 3.63) is 35.9 Å². The molecule has 1 heterocycles. The zero-order chi connectivity index (χ0) is 16.0. The maximum absolute atomic E-state index is 12.2. The molecule has 1 fully saturated rings. The molecule has 0 N–H and O–H groups in total. The summed E-state index contributed by atoms with van der Waals surface area (Å²) in [6, 6.07) is 9.90. The Morgan fingerprint density at radius 2 is 1.71 bits per heavy atom. The van der Waals surface area contributed by atoms with Crippen LogP contribution < -0.4 is 0 Å². The highest BCUT2D eigenvalue weighted by atomic mass is 16.2. The summed E-state index contributed by atoms with van der Waals surface area (Å²) < 4.78 is 0. The molecule has 0 spiro atoms. The van der Waals surface area contributed by atoms with Crippen molar-refractivity contribution in [2.75, 3.05) is 6.54 Å². The van der Waals surface area contributed by atoms with E-state index in [0.717, 1.165) is 6.42 Å². The summed E-state index contributed by atoms with van der Waals surface area (Å²) in [5, 5.41) is 0. The zero-order valence-corrected chi connectivity index (χ0v) is 13.8. The van der Waals surface area contributed by atoms with Gasteiger partial charge in [0.1, 0.15) is 0 Å². The Kier molecular flexibility index (Phi) is 6.60. The van der Waals surface area contributed by atoms with Gasteiger partial charge in [-0.2, -0.15) is 0 Å². The summed E-state index contributed by atoms with van der Waals surface area (Å²) in [6.45, 7) is 10.0. The second-order valence-corrected chi connectivity index (χ2v) is 5.59. The Bertz CT molecular complexity index is 467. The number of carbonyl (C=O) groups excluding carboxylic acids is 2. The predicted molar refractivity (Wildman–Crippen MR) is 86.2 cm³/mol. The molecule has 2 rings (SSSR count). The molecule has 1 aliphatic rings. The van der Waals surface area contributed by atoms with Crippen LogP contribution in [-0.2, 0) is 9.59 Å². The van der Waals surface area contributed by atoms with Crippen molar-refractivity contribution in [2.24, 2.45) is 5.92 Å². The first kappa shape index (κ1) is 17.4. The first-order valence-electron chi connectivity index (χ1n) is 7.86. The maximum Gasteiger partial charge on any atom is 0.220 e. The number of Topliss-reactive ketones (excluding diaryl/α,β-unsaturated/α-hetero) is 1. The summed E-state index contributed by atoms with van der Waals surface area (Å²) in [5.74, 6) is 0.422. The average Bonchev–Trinajstić information content (AvgIpc) is 2.94. The molecule has 0 aliphatic carbocycles. The van der Waals surface area contributed by atoms with E-state index in [0.29, 0.717) is 6.54 Å². The second kappa shape index (κ2) is 7.96. The smallest absolute Gasteiger partial charge is 0.220 e. The molecule has 3 heteroatoms. The van der Waals surface area contributed by atoms with E-state index >= 15 is 0 Å². The molecule has 1 amide bonds. The van der Waals surface area contributed by atoms with E-state index in [1.54, 1.807) is 11.8 Å². The minimum absolute atomic E-state index is 0.00238. The minimum atomic E-state index is -0.247. The van der Waals surface area contributed by atoms with Crippen LogP contribution in [0.2, 0.25) is 0 Å². The van der Waals surface area contributed by atoms with Crippen LogP contribution in [0, 0.1) is 5.92 Å². The summed E-state index contributed by atoms with van der Waals surface area (Å²) in [7, 11) is 0. The lowest BCUT2D eigenvalue weighted by Gasteiger charge is -2.23. The number of nitrogens with zero attached hydrogens (tertiary/aromatic N) is 1. The highest BCUT2D eigenvalue weighted by Crippen LogP contribution is 2.33. The van der Waals surface area contributed by atoms with E-state index in [1.807, 2.05) is 45.9 Å². The molecule has 0 saturated carbocycles. The van der Waals surface area contributed by atoms with Gasteiger partial charge in [-0.15, -0.1) is 0 Å². The maximum atomic E-state index is 12.2. The Morgan fingerprint density at radius 1 is 1.14 bits per heavy atom. The van der Waals surface area contributed by atoms with Gasteiger partial charge in [-0.05, 0) is 12.0 Å². The van der Waals surface area contributed by atoms with E-state index in [2.05, 4.69) is 12.1 Å². The van der Waals surface area contributed by atoms with Crippen molar-refractivity contribution < 1.29 is 9.59 Å². The number of carbonyl (C=O) groups is 2. The van der Waals surface area contributed by atoms with Gasteiger partial charge < -0.3 is 4.90 Å². The lowest BCUT2D eigenvalue weighted by atomic mass is 9.92. The van der Waals surface area contributed by atoms with Gasteiger partial charge in [0.25, 0.3) is 0 Å². The number of ketones is 1. The Labute approximate surface area is 128 Å². The zero-order valence-electron chi connectivity index (χ0n) is 13.8. The van der Waals surface area contributed by atoms with Crippen LogP contribution in [0.3, 0.4) is 0 Å². The van der Waals surface area contributed by atoms with Gasteiger partial charge in [-0.1, -0.05) is 58.0 Å². The standard InChI is InChI=1S/C16H21NO2.C2H6/c1-11(2)16(19)15-9-14(10-17(15)12(3)18)13-7-5-4-6-8-13;1-2/h4-8,11,14-15H,9-10H2,1-3H3;1-2H3. The van der Waals surface area contributed by atoms with Gasteiger partial charge in [0, 0.05) is 25.3 Å². The van der Waals surface area contributed by atoms with Crippen molar-refractivity contribution in [3.63, 3.8) is 0 Å². The fourth-order valence-corrected chi connectivity index (χ4v) is 2.81. The van der Waals surface area contributed by atoms with Gasteiger partial charge in [0.2, 0.25) is 5.91 Å². The number of hydrogen-bond acceptors (Lipinski definition) is 2. The second-order valence-electron chi connectivity index (χ2n) is 5.59. The van der Waals surface area contributed by atoms with Gasteiger partial charge in [0.05, 0.1) is 6.04 Å². The average molecular weight is 289 g/mol. The molecule has 0 radical (unpaired) electrons. The number of hydrogen-bond donors (Lipinski definition) is 0. The van der Waals surface area contributed by atoms with Crippen molar-refractivity contribution in [1.29, 1.82) is 0 Å². The number of likely N-dealkylation sites (tertiary alicyclic amines) is 1. The van der Waals surface area contributed by atoms with Crippen LogP contribution >= 0.6 is 0 Å². The lowest BCUT2D eigenvalue weighted by Crippen LogP contribution is -2.40. The van der Waals surface area contributed by atoms with Crippen LogP contribution in [-0.4, -0.2) is 29.2 Å². The van der Waals surface area contributed by atoms with Crippen molar-refractivity contribution in [2.45, 2.75) is 53.0 Å². The van der Waals surface area contributed by atoms with E-state index in [4.69, 9.17) is 0 Å². The van der Waals surface area contributed by atoms with Crippen molar-refractivity contribution in [3.8, 4) is 0 Å². The molecule has 2 unspecified atom stereocenters. The first-order chi connectivity index (χ1) is 10.0. The molecular weight excluding hydrogens is 262 g/mol. The number of amides is 1. The first-order valence-corrected chi connectivity index (χ1v) is 7.86. The van der Waals surface area contributed by atoms with Gasteiger partial charge >= 0.3 is 0 Å². The van der Waals surface area contributed by atoms with E-state index < -0.39 is 0 Å². The molecule has 1 aliphatic heterocycles. The summed E-state index contributed by atoms with van der Waals surface area (Å²) in [5.41, 5.74) is 1.22. The molecule has 1 saturated heterocycles. The van der Waals surface area contributed by atoms with E-state index in [-0.39, 0.29) is 29.6 Å². The molecule has 1 aromatic rings. The van der Waals surface area contributed by atoms with E-state index in [9.17, 15) is 9.59 Å². The van der Waals surface area contributed by atoms with Crippen LogP contribution in [0.5, 0.6) is 0 Å². The Hall–Kier alpha value is -1.64. The van der Waals surface area contributed by atoms with Gasteiger partial charge in [0.15, 0.2) is 5.78 Å². The van der Waals surface area contributed by atoms with Crippen LogP contribution in [0.25, 0.3) is 0 Å². The van der Waals surface area contributed by atoms with Crippen molar-refractivity contribution in [1.82, 2.24) is 4.90 Å². The molecule has 1 aromatic carbocycles. The molecule has 116 valence electrons. The monoisotopic (exact) mass is 289 g/mol. The summed E-state index contributed by atoms with van der Waals surface area (Å²) in [4.78, 5) is 25.7. The highest BCUT2D eigenvalue weighted by molar-refractivity contribution is 5.90. The Balaban J connectivity index is 0.00000106. The van der Waals surface area contributed by atoms with Crippen LogP contribution in [0.1, 0.15) is 52.5 Å². The molecule has 21 heavy (non-hydrogen) atoms. The molecule has 2 atom stereocenters. The normalized spacial score (nSPS) is 21.0. The highest BCUT2D eigenvalue weighted by Gasteiger charge is 2.39. The third kappa shape index (κ3) is 4.16. The largest absolute Gasteiger partial charge is 0.332 e. The molecule has 0 bridgehead atoms. The van der Waals surface area contributed by atoms with Crippen LogP contribution in [0.15, 0.2) is 30.3 Å². The molecular formula is C18H27NO2. The lowest BCUT2D eigenvalue weighted by molar-refractivity contribution is -0.137. The fraction of sp³-hybridized carbons (Fsp3) is 0.556. The quantitative estimate of drug-likeness (QED) is 0.852. The predicted octanol–water partition coefficient (Wildman–Crippen LogP) is 3.64. The van der Waals surface area contributed by atoms with E-state index in [1.165, 1.54) is 5.56 Å². The minimum Gasteiger partial charge on any atom is -0.332 e. The van der Waals surface area contributed by atoms with Crippen LogP contribution in [0.4, 0.5) is 0 Å².